The number of nitrogens with one attached hydrogen (secondary N) is 1. The fraction of sp³-hybridized carbons (Fsp3) is 0.727. The second-order valence-corrected chi connectivity index (χ2v) is 4.95. The van der Waals surface area contributed by atoms with Gasteiger partial charge in [-0.1, -0.05) is 13.3 Å². The van der Waals surface area contributed by atoms with E-state index in [0.29, 0.717) is 0 Å². The van der Waals surface area contributed by atoms with Crippen LogP contribution in [0, 0.1) is 0 Å². The Morgan fingerprint density at radius 3 is 3.00 bits per heavy atom. The Bertz CT molecular complexity index is 292. The number of aryl methyl sites for hydroxylation is 1. The molecular weight excluding hydrogens is 206 g/mol. The van der Waals surface area contributed by atoms with Gasteiger partial charge in [-0.3, -0.25) is 4.90 Å². The predicted molar refractivity (Wildman–Crippen MR) is 64.3 cm³/mol. The van der Waals surface area contributed by atoms with Crippen LogP contribution in [0.25, 0.3) is 0 Å². The Morgan fingerprint density at radius 2 is 2.27 bits per heavy atom. The van der Waals surface area contributed by atoms with Gasteiger partial charge in [0.2, 0.25) is 0 Å². The highest BCUT2D eigenvalue weighted by Crippen LogP contribution is 2.13. The molecule has 2 heterocycles. The van der Waals surface area contributed by atoms with Crippen molar-refractivity contribution < 1.29 is 0 Å². The molecule has 1 aromatic heterocycles. The SMILES string of the molecule is CCCc1csc(CN2CCNCC2)n1. The maximum absolute atomic E-state index is 4.65. The third kappa shape index (κ3) is 3.26. The third-order valence-corrected chi connectivity index (χ3v) is 3.56. The molecule has 3 nitrogen and oxygen atoms in total. The molecule has 0 radical (unpaired) electrons. The van der Waals surface area contributed by atoms with Crippen LogP contribution in [0.1, 0.15) is 24.0 Å². The van der Waals surface area contributed by atoms with E-state index in [9.17, 15) is 0 Å². The van der Waals surface area contributed by atoms with Gasteiger partial charge in [0.25, 0.3) is 0 Å². The van der Waals surface area contributed by atoms with Crippen LogP contribution < -0.4 is 5.32 Å². The molecule has 1 fully saturated rings. The number of aromatic nitrogens is 1. The zero-order valence-corrected chi connectivity index (χ0v) is 10.1. The van der Waals surface area contributed by atoms with Crippen molar-refractivity contribution >= 4 is 11.3 Å². The van der Waals surface area contributed by atoms with Crippen molar-refractivity contribution in [2.45, 2.75) is 26.3 Å². The highest BCUT2D eigenvalue weighted by Gasteiger charge is 2.11. The van der Waals surface area contributed by atoms with Gasteiger partial charge in [-0.25, -0.2) is 4.98 Å². The van der Waals surface area contributed by atoms with Crippen molar-refractivity contribution in [1.29, 1.82) is 0 Å². The van der Waals surface area contributed by atoms with E-state index in [1.54, 1.807) is 0 Å². The lowest BCUT2D eigenvalue weighted by atomic mass is 10.3. The van der Waals surface area contributed by atoms with Gasteiger partial charge in [-0.2, -0.15) is 0 Å². The van der Waals surface area contributed by atoms with E-state index in [1.165, 1.54) is 17.1 Å². The largest absolute Gasteiger partial charge is 0.314 e. The van der Waals surface area contributed by atoms with Gasteiger partial charge in [0, 0.05) is 31.6 Å². The predicted octanol–water partition coefficient (Wildman–Crippen LogP) is 1.50. The molecule has 0 spiro atoms. The van der Waals surface area contributed by atoms with Gasteiger partial charge in [-0.15, -0.1) is 11.3 Å². The molecule has 1 saturated heterocycles. The minimum absolute atomic E-state index is 1.04. The molecule has 2 rings (SSSR count). The molecule has 0 aromatic carbocycles. The van der Waals surface area contributed by atoms with Gasteiger partial charge in [0.05, 0.1) is 12.2 Å². The third-order valence-electron chi connectivity index (χ3n) is 2.67. The summed E-state index contributed by atoms with van der Waals surface area (Å²) in [5, 5.41) is 6.85. The van der Waals surface area contributed by atoms with E-state index in [4.69, 9.17) is 0 Å². The topological polar surface area (TPSA) is 28.2 Å². The van der Waals surface area contributed by atoms with Crippen molar-refractivity contribution in [1.82, 2.24) is 15.2 Å². The Balaban J connectivity index is 1.86. The van der Waals surface area contributed by atoms with E-state index >= 15 is 0 Å². The van der Waals surface area contributed by atoms with Gasteiger partial charge in [0.15, 0.2) is 0 Å². The molecule has 0 unspecified atom stereocenters. The Kier molecular flexibility index (Phi) is 4.11. The Morgan fingerprint density at radius 1 is 1.47 bits per heavy atom. The molecule has 0 saturated carbocycles. The first-order chi connectivity index (χ1) is 7.38. The summed E-state index contributed by atoms with van der Waals surface area (Å²) in [5.41, 5.74) is 1.27. The van der Waals surface area contributed by atoms with Crippen LogP contribution in [0.2, 0.25) is 0 Å². The minimum atomic E-state index is 1.04. The summed E-state index contributed by atoms with van der Waals surface area (Å²) in [4.78, 5) is 7.13. The highest BCUT2D eigenvalue weighted by molar-refractivity contribution is 7.09. The lowest BCUT2D eigenvalue weighted by Gasteiger charge is -2.26. The average Bonchev–Trinajstić information content (AvgIpc) is 2.68. The first-order valence-corrected chi connectivity index (χ1v) is 6.63. The summed E-state index contributed by atoms with van der Waals surface area (Å²) < 4.78 is 0. The molecule has 1 aromatic rings. The fourth-order valence-electron chi connectivity index (χ4n) is 1.85. The molecular formula is C11H19N3S. The molecule has 0 amide bonds. The van der Waals surface area contributed by atoms with Gasteiger partial charge in [0.1, 0.15) is 5.01 Å². The van der Waals surface area contributed by atoms with Crippen LogP contribution in [0.15, 0.2) is 5.38 Å². The minimum Gasteiger partial charge on any atom is -0.314 e. The summed E-state index contributed by atoms with van der Waals surface area (Å²) in [6, 6.07) is 0. The molecule has 0 bridgehead atoms. The molecule has 4 heteroatoms. The number of thiazole rings is 1. The Labute approximate surface area is 95.5 Å². The normalized spacial score (nSPS) is 18.2. The lowest BCUT2D eigenvalue weighted by molar-refractivity contribution is 0.233. The fourth-order valence-corrected chi connectivity index (χ4v) is 2.72. The van der Waals surface area contributed by atoms with Crippen molar-refractivity contribution in [3.05, 3.63) is 16.1 Å². The van der Waals surface area contributed by atoms with Crippen LogP contribution in [0.4, 0.5) is 0 Å². The van der Waals surface area contributed by atoms with Crippen LogP contribution in [-0.4, -0.2) is 36.1 Å². The summed E-state index contributed by atoms with van der Waals surface area (Å²) in [5.74, 6) is 0. The van der Waals surface area contributed by atoms with Gasteiger partial charge >= 0.3 is 0 Å². The maximum Gasteiger partial charge on any atom is 0.107 e. The number of hydrogen-bond acceptors (Lipinski definition) is 4. The van der Waals surface area contributed by atoms with Crippen LogP contribution in [0.3, 0.4) is 0 Å². The van der Waals surface area contributed by atoms with E-state index < -0.39 is 0 Å². The molecule has 0 aliphatic carbocycles. The average molecular weight is 225 g/mol. The molecule has 1 aliphatic rings. The summed E-state index contributed by atoms with van der Waals surface area (Å²) in [6.07, 6.45) is 2.31. The summed E-state index contributed by atoms with van der Waals surface area (Å²) in [6.45, 7) is 7.79. The smallest absolute Gasteiger partial charge is 0.107 e. The van der Waals surface area contributed by atoms with E-state index in [1.807, 2.05) is 11.3 Å². The van der Waals surface area contributed by atoms with Crippen LogP contribution in [-0.2, 0) is 13.0 Å². The zero-order chi connectivity index (χ0) is 10.5. The molecule has 84 valence electrons. The van der Waals surface area contributed by atoms with Crippen molar-refractivity contribution in [3.63, 3.8) is 0 Å². The van der Waals surface area contributed by atoms with Crippen molar-refractivity contribution in [2.75, 3.05) is 26.2 Å². The van der Waals surface area contributed by atoms with Crippen molar-refractivity contribution in [3.8, 4) is 0 Å². The lowest BCUT2D eigenvalue weighted by Crippen LogP contribution is -2.42. The van der Waals surface area contributed by atoms with Crippen LogP contribution >= 0.6 is 11.3 Å². The van der Waals surface area contributed by atoms with Gasteiger partial charge < -0.3 is 5.32 Å². The van der Waals surface area contributed by atoms with E-state index in [-0.39, 0.29) is 0 Å². The number of nitrogens with zero attached hydrogens (tertiary/aromatic N) is 2. The Hall–Kier alpha value is -0.450. The maximum atomic E-state index is 4.65. The van der Waals surface area contributed by atoms with Crippen LogP contribution in [0.5, 0.6) is 0 Å². The first-order valence-electron chi connectivity index (χ1n) is 5.75. The molecule has 1 N–H and O–H groups in total. The number of rotatable bonds is 4. The van der Waals surface area contributed by atoms with E-state index in [0.717, 1.165) is 39.1 Å². The number of hydrogen-bond donors (Lipinski definition) is 1. The van der Waals surface area contributed by atoms with Gasteiger partial charge in [-0.05, 0) is 6.42 Å². The van der Waals surface area contributed by atoms with Crippen molar-refractivity contribution in [2.24, 2.45) is 0 Å². The van der Waals surface area contributed by atoms with E-state index in [2.05, 4.69) is 27.5 Å². The summed E-state index contributed by atoms with van der Waals surface area (Å²) in [7, 11) is 0. The quantitative estimate of drug-likeness (QED) is 0.842. The zero-order valence-electron chi connectivity index (χ0n) is 9.33. The summed E-state index contributed by atoms with van der Waals surface area (Å²) >= 11 is 1.81. The standard InChI is InChI=1S/C11H19N3S/c1-2-3-10-9-15-11(13-10)8-14-6-4-12-5-7-14/h9,12H,2-8H2,1H3. The molecule has 1 aliphatic heterocycles. The molecule has 0 atom stereocenters. The second-order valence-electron chi connectivity index (χ2n) is 4.01. The number of piperazine rings is 1. The monoisotopic (exact) mass is 225 g/mol. The second kappa shape index (κ2) is 5.58. The molecule has 15 heavy (non-hydrogen) atoms. The highest BCUT2D eigenvalue weighted by atomic mass is 32.1. The first kappa shape index (κ1) is 11.0.